The van der Waals surface area contributed by atoms with E-state index in [1.54, 1.807) is 13.0 Å². The molecule has 68 valence electrons. The van der Waals surface area contributed by atoms with Crippen molar-refractivity contribution in [2.75, 3.05) is 0 Å². The van der Waals surface area contributed by atoms with Crippen molar-refractivity contribution < 1.29 is 4.79 Å². The van der Waals surface area contributed by atoms with Gasteiger partial charge in [-0.05, 0) is 24.6 Å². The Morgan fingerprint density at radius 2 is 2.38 bits per heavy atom. The van der Waals surface area contributed by atoms with Crippen molar-refractivity contribution >= 4 is 23.6 Å². The van der Waals surface area contributed by atoms with E-state index in [9.17, 15) is 4.79 Å². The maximum absolute atomic E-state index is 10.4. The van der Waals surface area contributed by atoms with Crippen LogP contribution in [0.15, 0.2) is 12.3 Å². The summed E-state index contributed by atoms with van der Waals surface area (Å²) in [5, 5.41) is 0.189. The first-order valence-corrected chi connectivity index (χ1v) is 3.94. The van der Waals surface area contributed by atoms with Gasteiger partial charge in [0.05, 0.1) is 0 Å². The molecule has 0 aliphatic rings. The molecule has 0 aliphatic heterocycles. The number of rotatable bonds is 2. The molecular weight excluding hydrogens is 190 g/mol. The molecule has 13 heavy (non-hydrogen) atoms. The van der Waals surface area contributed by atoms with Gasteiger partial charge in [0.1, 0.15) is 0 Å². The van der Waals surface area contributed by atoms with Crippen LogP contribution in [-0.4, -0.2) is 15.9 Å². The van der Waals surface area contributed by atoms with Crippen LogP contribution in [0.25, 0.3) is 6.08 Å². The molecule has 0 spiro atoms. The number of halogens is 1. The lowest BCUT2D eigenvalue weighted by Gasteiger charge is -1.97. The van der Waals surface area contributed by atoms with E-state index < -0.39 is 5.91 Å². The Morgan fingerprint density at radius 1 is 1.69 bits per heavy atom. The number of nitrogens with two attached hydrogens (primary N) is 1. The van der Waals surface area contributed by atoms with Gasteiger partial charge < -0.3 is 5.73 Å². The second kappa shape index (κ2) is 4.00. The molecule has 0 aromatic carbocycles. The topological polar surface area (TPSA) is 68.9 Å². The van der Waals surface area contributed by atoms with E-state index in [0.29, 0.717) is 5.69 Å². The molecule has 0 unspecified atom stereocenters. The minimum atomic E-state index is -0.505. The van der Waals surface area contributed by atoms with Gasteiger partial charge in [0.25, 0.3) is 0 Å². The van der Waals surface area contributed by atoms with Crippen LogP contribution in [-0.2, 0) is 4.79 Å². The Morgan fingerprint density at radius 3 is 2.92 bits per heavy atom. The highest BCUT2D eigenvalue weighted by Gasteiger charge is 1.97. The van der Waals surface area contributed by atoms with Gasteiger partial charge in [-0.1, -0.05) is 0 Å². The number of aromatic nitrogens is 2. The van der Waals surface area contributed by atoms with Crippen LogP contribution < -0.4 is 5.73 Å². The molecule has 2 N–H and O–H groups in total. The molecule has 0 saturated carbocycles. The van der Waals surface area contributed by atoms with E-state index in [4.69, 9.17) is 17.3 Å². The number of hydrogen-bond acceptors (Lipinski definition) is 3. The smallest absolute Gasteiger partial charge is 0.241 e. The van der Waals surface area contributed by atoms with Gasteiger partial charge in [0, 0.05) is 23.5 Å². The molecule has 0 fully saturated rings. The number of amides is 1. The minimum absolute atomic E-state index is 0.189. The Kier molecular flexibility index (Phi) is 2.97. The van der Waals surface area contributed by atoms with Gasteiger partial charge >= 0.3 is 0 Å². The lowest BCUT2D eigenvalue weighted by Crippen LogP contribution is -2.05. The zero-order valence-corrected chi connectivity index (χ0v) is 7.75. The average molecular weight is 198 g/mol. The average Bonchev–Trinajstić information content (AvgIpc) is 2.02. The first-order chi connectivity index (χ1) is 6.09. The standard InChI is InChI=1S/C8H8ClN3O/c1-5-6(2-3-7(10)13)4-11-8(9)12-5/h2-4H,1H3,(H2,10,13). The van der Waals surface area contributed by atoms with E-state index in [1.807, 2.05) is 0 Å². The number of nitrogens with zero attached hydrogens (tertiary/aromatic N) is 2. The van der Waals surface area contributed by atoms with Gasteiger partial charge in [0.15, 0.2) is 0 Å². The molecular formula is C8H8ClN3O. The van der Waals surface area contributed by atoms with E-state index in [-0.39, 0.29) is 5.28 Å². The predicted octanol–water partition coefficient (Wildman–Crippen LogP) is 0.937. The Labute approximate surface area is 80.4 Å². The summed E-state index contributed by atoms with van der Waals surface area (Å²) >= 11 is 5.54. The van der Waals surface area contributed by atoms with Crippen molar-refractivity contribution in [3.63, 3.8) is 0 Å². The second-order valence-corrected chi connectivity index (χ2v) is 2.75. The fourth-order valence-corrected chi connectivity index (χ4v) is 0.959. The molecule has 0 aliphatic carbocycles. The summed E-state index contributed by atoms with van der Waals surface area (Å²) in [5.74, 6) is -0.505. The SMILES string of the molecule is Cc1nc(Cl)ncc1C=CC(N)=O. The molecule has 1 aromatic heterocycles. The first-order valence-electron chi connectivity index (χ1n) is 3.56. The Hall–Kier alpha value is -1.42. The van der Waals surface area contributed by atoms with Crippen LogP contribution in [0.4, 0.5) is 0 Å². The van der Waals surface area contributed by atoms with E-state index in [0.717, 1.165) is 5.56 Å². The van der Waals surface area contributed by atoms with E-state index in [2.05, 4.69) is 9.97 Å². The highest BCUT2D eigenvalue weighted by Crippen LogP contribution is 2.08. The molecule has 1 amide bonds. The van der Waals surface area contributed by atoms with E-state index >= 15 is 0 Å². The molecule has 1 heterocycles. The quantitative estimate of drug-likeness (QED) is 0.567. The molecule has 0 radical (unpaired) electrons. The largest absolute Gasteiger partial charge is 0.366 e. The van der Waals surface area contributed by atoms with Crippen LogP contribution in [0.5, 0.6) is 0 Å². The number of carbonyl (C=O) groups is 1. The molecule has 4 nitrogen and oxygen atoms in total. The lowest BCUT2D eigenvalue weighted by molar-refractivity contribution is -0.113. The van der Waals surface area contributed by atoms with Crippen molar-refractivity contribution in [2.24, 2.45) is 5.73 Å². The summed E-state index contributed by atoms with van der Waals surface area (Å²) in [7, 11) is 0. The molecule has 1 aromatic rings. The summed E-state index contributed by atoms with van der Waals surface area (Å²) in [6.45, 7) is 1.77. The highest BCUT2D eigenvalue weighted by atomic mass is 35.5. The summed E-state index contributed by atoms with van der Waals surface area (Å²) < 4.78 is 0. The second-order valence-electron chi connectivity index (χ2n) is 2.42. The third-order valence-electron chi connectivity index (χ3n) is 1.42. The zero-order chi connectivity index (χ0) is 9.84. The van der Waals surface area contributed by atoms with Crippen molar-refractivity contribution in [3.8, 4) is 0 Å². The molecule has 5 heteroatoms. The first kappa shape index (κ1) is 9.67. The Bertz CT molecular complexity index is 362. The van der Waals surface area contributed by atoms with Crippen molar-refractivity contribution in [3.05, 3.63) is 28.8 Å². The normalized spacial score (nSPS) is 10.6. The van der Waals surface area contributed by atoms with Gasteiger partial charge in [-0.25, -0.2) is 9.97 Å². The van der Waals surface area contributed by atoms with Crippen molar-refractivity contribution in [1.82, 2.24) is 9.97 Å². The third kappa shape index (κ3) is 2.83. The van der Waals surface area contributed by atoms with Crippen molar-refractivity contribution in [1.29, 1.82) is 0 Å². The van der Waals surface area contributed by atoms with Crippen LogP contribution in [0.1, 0.15) is 11.3 Å². The molecule has 0 saturated heterocycles. The molecule has 1 rings (SSSR count). The maximum atomic E-state index is 10.4. The number of hydrogen-bond donors (Lipinski definition) is 1. The van der Waals surface area contributed by atoms with E-state index in [1.165, 1.54) is 12.3 Å². The van der Waals surface area contributed by atoms with Crippen LogP contribution in [0, 0.1) is 6.92 Å². The lowest BCUT2D eigenvalue weighted by atomic mass is 10.2. The molecule has 0 bridgehead atoms. The summed E-state index contributed by atoms with van der Waals surface area (Å²) in [6.07, 6.45) is 4.33. The minimum Gasteiger partial charge on any atom is -0.366 e. The fourth-order valence-electron chi connectivity index (χ4n) is 0.784. The molecule has 0 atom stereocenters. The maximum Gasteiger partial charge on any atom is 0.241 e. The third-order valence-corrected chi connectivity index (χ3v) is 1.60. The van der Waals surface area contributed by atoms with Gasteiger partial charge in [-0.3, -0.25) is 4.79 Å². The predicted molar refractivity (Wildman–Crippen MR) is 50.0 cm³/mol. The van der Waals surface area contributed by atoms with Crippen LogP contribution in [0.3, 0.4) is 0 Å². The summed E-state index contributed by atoms with van der Waals surface area (Å²) in [5.41, 5.74) is 6.36. The summed E-state index contributed by atoms with van der Waals surface area (Å²) in [6, 6.07) is 0. The van der Waals surface area contributed by atoms with Crippen LogP contribution in [0.2, 0.25) is 5.28 Å². The number of aryl methyl sites for hydroxylation is 1. The highest BCUT2D eigenvalue weighted by molar-refractivity contribution is 6.28. The van der Waals surface area contributed by atoms with Crippen LogP contribution >= 0.6 is 11.6 Å². The van der Waals surface area contributed by atoms with Gasteiger partial charge in [-0.15, -0.1) is 0 Å². The zero-order valence-electron chi connectivity index (χ0n) is 6.99. The number of primary amides is 1. The van der Waals surface area contributed by atoms with Gasteiger partial charge in [0.2, 0.25) is 11.2 Å². The number of carbonyl (C=O) groups excluding carboxylic acids is 1. The fraction of sp³-hybridized carbons (Fsp3) is 0.125. The Balaban J connectivity index is 2.96. The van der Waals surface area contributed by atoms with Gasteiger partial charge in [-0.2, -0.15) is 0 Å². The monoisotopic (exact) mass is 197 g/mol. The van der Waals surface area contributed by atoms with Crippen molar-refractivity contribution in [2.45, 2.75) is 6.92 Å². The summed E-state index contributed by atoms with van der Waals surface area (Å²) in [4.78, 5) is 18.1.